The van der Waals surface area contributed by atoms with Gasteiger partial charge in [0.2, 0.25) is 5.13 Å². The van der Waals surface area contributed by atoms with Crippen molar-refractivity contribution in [2.24, 2.45) is 10.8 Å². The summed E-state index contributed by atoms with van der Waals surface area (Å²) in [7, 11) is 0. The van der Waals surface area contributed by atoms with Crippen LogP contribution < -0.4 is 10.7 Å². The van der Waals surface area contributed by atoms with Crippen LogP contribution in [0.1, 0.15) is 65.6 Å². The Morgan fingerprint density at radius 3 is 2.38 bits per heavy atom. The van der Waals surface area contributed by atoms with Gasteiger partial charge in [0.15, 0.2) is 0 Å². The maximum absolute atomic E-state index is 15.0. The highest BCUT2D eigenvalue weighted by atomic mass is 32.2. The van der Waals surface area contributed by atoms with Crippen molar-refractivity contribution < 1.29 is 8.78 Å². The van der Waals surface area contributed by atoms with Gasteiger partial charge in [0.25, 0.3) is 0 Å². The average Bonchev–Trinajstić information content (AvgIpc) is 3.57. The molecule has 0 aliphatic carbocycles. The van der Waals surface area contributed by atoms with Crippen LogP contribution in [0.25, 0.3) is 0 Å². The molecular weight excluding hydrogens is 532 g/mol. The largest absolute Gasteiger partial charge is 0.324 e. The van der Waals surface area contributed by atoms with Crippen LogP contribution in [0.15, 0.2) is 71.8 Å². The SMILES string of the molecule is CCc1ccccc1C(N)CCC1(c2ccccc2CC)SC(c2cc(F)ccc2F)=NN1c1nnc(C)s1. The first-order valence-corrected chi connectivity index (χ1v) is 14.7. The molecule has 0 saturated carbocycles. The van der Waals surface area contributed by atoms with Crippen LogP contribution in [0.5, 0.6) is 0 Å². The molecule has 0 radical (unpaired) electrons. The summed E-state index contributed by atoms with van der Waals surface area (Å²) in [5, 5.41) is 17.2. The van der Waals surface area contributed by atoms with Crippen LogP contribution in [0.4, 0.5) is 13.9 Å². The predicted octanol–water partition coefficient (Wildman–Crippen LogP) is 7.50. The molecule has 1 aliphatic heterocycles. The molecule has 2 unspecified atom stereocenters. The third kappa shape index (κ3) is 5.35. The summed E-state index contributed by atoms with van der Waals surface area (Å²) in [6.45, 7) is 6.13. The molecule has 0 amide bonds. The topological polar surface area (TPSA) is 67.4 Å². The molecule has 0 saturated heterocycles. The van der Waals surface area contributed by atoms with E-state index in [2.05, 4.69) is 48.3 Å². The summed E-state index contributed by atoms with van der Waals surface area (Å²) in [4.78, 5) is -0.786. The van der Waals surface area contributed by atoms with Crippen LogP contribution in [0, 0.1) is 18.6 Å². The lowest BCUT2D eigenvalue weighted by atomic mass is 9.90. The first kappa shape index (κ1) is 27.4. The van der Waals surface area contributed by atoms with Gasteiger partial charge in [-0.3, -0.25) is 0 Å². The summed E-state index contributed by atoms with van der Waals surface area (Å²) in [6, 6.07) is 19.8. The van der Waals surface area contributed by atoms with Crippen molar-refractivity contribution in [3.8, 4) is 0 Å². The summed E-state index contributed by atoms with van der Waals surface area (Å²) in [6.07, 6.45) is 2.93. The standard InChI is InChI=1S/C30H31F2N5S2/c1-4-20-10-6-8-12-23(20)27(33)16-17-30(25-13-9-7-11-21(25)5-2)37(29-35-34-19(3)38-29)36-28(39-30)24-18-22(31)14-15-26(24)32/h6-15,18,27H,4-5,16-17,33H2,1-3H3. The molecule has 5 rings (SSSR count). The summed E-state index contributed by atoms with van der Waals surface area (Å²) in [5.74, 6) is -1.04. The van der Waals surface area contributed by atoms with E-state index >= 15 is 4.39 Å². The zero-order chi connectivity index (χ0) is 27.6. The van der Waals surface area contributed by atoms with E-state index in [1.165, 1.54) is 34.7 Å². The molecule has 2 heterocycles. The Balaban J connectivity index is 1.64. The van der Waals surface area contributed by atoms with Crippen LogP contribution in [-0.4, -0.2) is 15.2 Å². The van der Waals surface area contributed by atoms with E-state index in [0.29, 0.717) is 23.0 Å². The molecule has 2 atom stereocenters. The number of aromatic nitrogens is 2. The number of aryl methyl sites for hydroxylation is 3. The van der Waals surface area contributed by atoms with Gasteiger partial charge in [-0.25, -0.2) is 13.8 Å². The number of hydrazone groups is 1. The number of benzene rings is 3. The lowest BCUT2D eigenvalue weighted by Crippen LogP contribution is -2.39. The van der Waals surface area contributed by atoms with Gasteiger partial charge < -0.3 is 5.73 Å². The van der Waals surface area contributed by atoms with Crippen LogP contribution >= 0.6 is 23.1 Å². The number of halogens is 2. The quantitative estimate of drug-likeness (QED) is 0.228. The second-order valence-corrected chi connectivity index (χ2v) is 12.0. The number of nitrogens with two attached hydrogens (primary N) is 1. The molecule has 2 N–H and O–H groups in total. The zero-order valence-corrected chi connectivity index (χ0v) is 23.8. The Bertz CT molecular complexity index is 1500. The third-order valence-electron chi connectivity index (χ3n) is 7.10. The van der Waals surface area contributed by atoms with Crippen molar-refractivity contribution in [3.63, 3.8) is 0 Å². The van der Waals surface area contributed by atoms with Gasteiger partial charge in [-0.15, -0.1) is 10.2 Å². The van der Waals surface area contributed by atoms with E-state index in [9.17, 15) is 4.39 Å². The minimum atomic E-state index is -0.786. The Hall–Kier alpha value is -3.14. The number of thioether (sulfide) groups is 1. The Labute approximate surface area is 236 Å². The average molecular weight is 564 g/mol. The van der Waals surface area contributed by atoms with Crippen molar-refractivity contribution in [1.29, 1.82) is 0 Å². The summed E-state index contributed by atoms with van der Waals surface area (Å²) in [5.41, 5.74) is 11.5. The van der Waals surface area contributed by atoms with E-state index in [-0.39, 0.29) is 11.6 Å². The maximum atomic E-state index is 15.0. The maximum Gasteiger partial charge on any atom is 0.230 e. The zero-order valence-electron chi connectivity index (χ0n) is 22.2. The van der Waals surface area contributed by atoms with Gasteiger partial charge in [-0.2, -0.15) is 5.10 Å². The molecule has 5 nitrogen and oxygen atoms in total. The molecule has 4 aromatic rings. The Morgan fingerprint density at radius 1 is 0.949 bits per heavy atom. The van der Waals surface area contributed by atoms with Crippen molar-refractivity contribution in [2.75, 3.05) is 5.01 Å². The van der Waals surface area contributed by atoms with E-state index in [1.807, 2.05) is 36.2 Å². The number of rotatable bonds is 9. The molecule has 1 aliphatic rings. The summed E-state index contributed by atoms with van der Waals surface area (Å²) < 4.78 is 29.3. The van der Waals surface area contributed by atoms with E-state index in [1.54, 1.807) is 0 Å². The van der Waals surface area contributed by atoms with Gasteiger partial charge in [-0.05, 0) is 73.1 Å². The number of hydrogen-bond acceptors (Lipinski definition) is 7. The van der Waals surface area contributed by atoms with Crippen LogP contribution in [0.2, 0.25) is 0 Å². The lowest BCUT2D eigenvalue weighted by molar-refractivity contribution is 0.481. The van der Waals surface area contributed by atoms with Gasteiger partial charge >= 0.3 is 0 Å². The number of nitrogens with zero attached hydrogens (tertiary/aromatic N) is 4. The third-order valence-corrected chi connectivity index (χ3v) is 9.35. The fourth-order valence-electron chi connectivity index (χ4n) is 5.13. The highest BCUT2D eigenvalue weighted by Crippen LogP contribution is 2.54. The Kier molecular flexibility index (Phi) is 8.11. The monoisotopic (exact) mass is 563 g/mol. The summed E-state index contributed by atoms with van der Waals surface area (Å²) >= 11 is 2.85. The minimum Gasteiger partial charge on any atom is -0.324 e. The number of hydrogen-bond donors (Lipinski definition) is 1. The first-order chi connectivity index (χ1) is 18.9. The van der Waals surface area contributed by atoms with E-state index in [0.717, 1.165) is 46.7 Å². The predicted molar refractivity (Wildman–Crippen MR) is 157 cm³/mol. The van der Waals surface area contributed by atoms with Crippen molar-refractivity contribution in [2.45, 2.75) is 57.4 Å². The molecule has 0 bridgehead atoms. The second-order valence-electron chi connectivity index (χ2n) is 9.54. The van der Waals surface area contributed by atoms with Crippen LogP contribution in [0.3, 0.4) is 0 Å². The molecule has 202 valence electrons. The lowest BCUT2D eigenvalue weighted by Gasteiger charge is -2.37. The first-order valence-electron chi connectivity index (χ1n) is 13.1. The van der Waals surface area contributed by atoms with Gasteiger partial charge in [-0.1, -0.05) is 85.5 Å². The molecule has 9 heteroatoms. The normalized spacial score (nSPS) is 17.9. The fourth-order valence-corrected chi connectivity index (χ4v) is 7.35. The number of anilines is 1. The van der Waals surface area contributed by atoms with Crippen molar-refractivity contribution in [3.05, 3.63) is 111 Å². The molecular formula is C30H31F2N5S2. The molecule has 1 aromatic heterocycles. The van der Waals surface area contributed by atoms with Crippen molar-refractivity contribution >= 4 is 33.3 Å². The second kappa shape index (κ2) is 11.5. The van der Waals surface area contributed by atoms with Gasteiger partial charge in [0, 0.05) is 11.6 Å². The fraction of sp³-hybridized carbons (Fsp3) is 0.300. The Morgan fingerprint density at radius 2 is 1.67 bits per heavy atom. The minimum absolute atomic E-state index is 0.128. The van der Waals surface area contributed by atoms with Crippen molar-refractivity contribution in [1.82, 2.24) is 10.2 Å². The van der Waals surface area contributed by atoms with E-state index in [4.69, 9.17) is 10.8 Å². The highest BCUT2D eigenvalue weighted by Gasteiger charge is 2.49. The van der Waals surface area contributed by atoms with Crippen LogP contribution in [-0.2, 0) is 17.7 Å². The molecule has 3 aromatic carbocycles. The van der Waals surface area contributed by atoms with Gasteiger partial charge in [0.1, 0.15) is 26.6 Å². The smallest absolute Gasteiger partial charge is 0.230 e. The molecule has 39 heavy (non-hydrogen) atoms. The highest BCUT2D eigenvalue weighted by molar-refractivity contribution is 8.15. The van der Waals surface area contributed by atoms with E-state index < -0.39 is 16.5 Å². The molecule has 0 spiro atoms. The molecule has 0 fully saturated rings. The van der Waals surface area contributed by atoms with Gasteiger partial charge in [0.05, 0.1) is 0 Å².